The number of fused-ring (bicyclic) bond motifs is 2. The SMILES string of the molecule is CC=C1NC(=O)[C@@H](CO)NC(=O)[C@@H](C(C)C)NC(=O)[C@H](Cc2ccccc2)NC(=O)[C@@H]2CCCN2C(=O)CNC(=O)[C@@H](CCC(N)=O)NC(=O)[C@H](O)[C@@H](C[C@@H](C[C@H](O)[C@H](O)CC(C)C)OC(=O)[C@H](C)N(C)C(=O)CCC)NC(=O)[C@@H]2CCCN2C(=O)[C@@H](CCc2ccc(OC)cc2)NC(=O)[C@@H](CO)NC1=O. The number of nitrogens with two attached hydrogens (primary N) is 1. The van der Waals surface area contributed by atoms with Gasteiger partial charge >= 0.3 is 5.97 Å². The average Bonchev–Trinajstić information content (AvgIpc) is 1.57. The first kappa shape index (κ1) is 87.0. The highest BCUT2D eigenvalue weighted by Crippen LogP contribution is 2.25. The molecule has 13 amide bonds. The Balaban J connectivity index is 1.64. The number of carbonyl (C=O) groups excluding carboxylic acids is 14. The van der Waals surface area contributed by atoms with Crippen LogP contribution in [0.4, 0.5) is 0 Å². The Hall–Kier alpha value is -9.64. The van der Waals surface area contributed by atoms with Gasteiger partial charge in [-0.25, -0.2) is 4.79 Å². The van der Waals surface area contributed by atoms with E-state index < -0.39 is 225 Å². The zero-order valence-electron chi connectivity index (χ0n) is 61.6. The molecule has 2 aromatic rings. The lowest BCUT2D eigenvalue weighted by Gasteiger charge is -2.34. The number of aliphatic hydroxyl groups is 5. The predicted octanol–water partition coefficient (Wildman–Crippen LogP) is -3.23. The van der Waals surface area contributed by atoms with Crippen LogP contribution in [0.5, 0.6) is 5.75 Å². The number of likely N-dealkylation sites (N-methyl/N-ethyl adjacent to an activating group) is 1. The van der Waals surface area contributed by atoms with Gasteiger partial charge in [-0.15, -0.1) is 0 Å². The van der Waals surface area contributed by atoms with Gasteiger partial charge in [-0.2, -0.15) is 0 Å². The van der Waals surface area contributed by atoms with E-state index >= 15 is 9.59 Å². The zero-order valence-corrected chi connectivity index (χ0v) is 61.6. The highest BCUT2D eigenvalue weighted by molar-refractivity contribution is 6.03. The average molecular weight is 1490 g/mol. The summed E-state index contributed by atoms with van der Waals surface area (Å²) in [7, 11) is 2.81. The van der Waals surface area contributed by atoms with Crippen LogP contribution in [-0.4, -0.2) is 255 Å². The molecule has 586 valence electrons. The lowest BCUT2D eigenvalue weighted by atomic mass is 9.93. The van der Waals surface area contributed by atoms with Crippen molar-refractivity contribution < 1.29 is 102 Å². The summed E-state index contributed by atoms with van der Waals surface area (Å²) in [5.74, 6) is -14.3. The summed E-state index contributed by atoms with van der Waals surface area (Å²) in [5, 5.41) is 78.5. The summed E-state index contributed by atoms with van der Waals surface area (Å²) in [5.41, 5.74) is 6.17. The Morgan fingerprint density at radius 3 is 1.82 bits per heavy atom. The number of nitrogens with one attached hydrogen (secondary N) is 9. The third-order valence-corrected chi connectivity index (χ3v) is 18.7. The summed E-state index contributed by atoms with van der Waals surface area (Å²) in [6.45, 7) is 7.91. The zero-order chi connectivity index (χ0) is 78.6. The maximum absolute atomic E-state index is 15.2. The molecule has 3 fully saturated rings. The van der Waals surface area contributed by atoms with E-state index in [1.54, 1.807) is 89.2 Å². The second-order valence-corrected chi connectivity index (χ2v) is 27.6. The number of esters is 1. The van der Waals surface area contributed by atoms with Gasteiger partial charge in [-0.3, -0.25) is 62.3 Å². The number of aryl methyl sites for hydroxylation is 1. The molecular weight excluding hydrogens is 1380 g/mol. The highest BCUT2D eigenvalue weighted by atomic mass is 16.5. The number of benzene rings is 2. The van der Waals surface area contributed by atoms with Gasteiger partial charge in [0, 0.05) is 52.2 Å². The van der Waals surface area contributed by atoms with Crippen molar-refractivity contribution in [3.8, 4) is 5.75 Å². The Morgan fingerprint density at radius 1 is 0.651 bits per heavy atom. The number of amides is 13. The van der Waals surface area contributed by atoms with Gasteiger partial charge in [-0.1, -0.05) is 83.2 Å². The molecule has 0 radical (unpaired) electrons. The minimum Gasteiger partial charge on any atom is -0.497 e. The van der Waals surface area contributed by atoms with E-state index in [0.29, 0.717) is 23.3 Å². The monoisotopic (exact) mass is 1490 g/mol. The number of rotatable bonds is 24. The van der Waals surface area contributed by atoms with Crippen molar-refractivity contribution in [3.05, 3.63) is 77.5 Å². The molecule has 2 aromatic carbocycles. The number of allylic oxidation sites excluding steroid dienone is 1. The number of hydrogen-bond acceptors (Lipinski definition) is 21. The molecule has 0 bridgehead atoms. The van der Waals surface area contributed by atoms with Crippen LogP contribution in [0.1, 0.15) is 137 Å². The summed E-state index contributed by atoms with van der Waals surface area (Å²) in [6.07, 6.45) is -7.99. The van der Waals surface area contributed by atoms with Crippen LogP contribution in [0.15, 0.2) is 66.4 Å². The van der Waals surface area contributed by atoms with Crippen molar-refractivity contribution in [3.63, 3.8) is 0 Å². The van der Waals surface area contributed by atoms with E-state index in [1.807, 2.05) is 0 Å². The largest absolute Gasteiger partial charge is 0.497 e. The second-order valence-electron chi connectivity index (χ2n) is 27.6. The molecule has 16 N–H and O–H groups in total. The molecule has 3 saturated heterocycles. The van der Waals surface area contributed by atoms with E-state index in [-0.39, 0.29) is 76.8 Å². The Bertz CT molecular complexity index is 3420. The maximum Gasteiger partial charge on any atom is 0.328 e. The summed E-state index contributed by atoms with van der Waals surface area (Å²) in [6, 6.07) is -0.756. The molecule has 3 aliphatic heterocycles. The predicted molar refractivity (Wildman–Crippen MR) is 381 cm³/mol. The Kier molecular flexibility index (Phi) is 34.9. The van der Waals surface area contributed by atoms with Crippen LogP contribution in [0.25, 0.3) is 0 Å². The molecule has 0 aromatic heterocycles. The van der Waals surface area contributed by atoms with Crippen LogP contribution in [0, 0.1) is 11.8 Å². The molecule has 106 heavy (non-hydrogen) atoms. The van der Waals surface area contributed by atoms with Gasteiger partial charge in [0.25, 0.3) is 11.8 Å². The standard InChI is InChI=1S/C72H107N13O21/c1-10-17-58(91)83(8)41(7)72(104)106-45(35-56(89)55(88)32-39(3)4)34-49-61(93)70(102)76-47(28-29-57(73)90)62(94)74-36-59(92)84-30-15-20-53(84)67(99)79-50(33-43-18-13-12-14-19-43)64(96)82-60(40(5)6)69(101)81-52(38-87)65(97)75-46(11-2)63(95)80-51(37-86)66(98)77-48(27-24-42-22-25-44(105-9)26-23-42)71(103)85-31-16-21-54(85)68(100)78-49/h11-14,18-19,22-23,25-26,39-41,45,47-56,60-61,86-89,93H,10,15-17,20-21,24,27-38H2,1-9H3,(H2,73,90)(H,74,94)(H,75,97)(H,76,102)(H,77,98)(H,78,100)(H,79,99)(H,80,95)(H,81,101)(H,82,96)/t41-,45-,47+,48+,49+,50-,51+,52+,53-,54-,55+,56-,60+,61+/m0/s1. The van der Waals surface area contributed by atoms with Crippen molar-refractivity contribution >= 4 is 82.8 Å². The van der Waals surface area contributed by atoms with Crippen LogP contribution >= 0.6 is 0 Å². The number of ether oxygens (including phenoxy) is 2. The third kappa shape index (κ3) is 25.9. The number of nitrogens with zero attached hydrogens (tertiary/aromatic N) is 3. The molecular formula is C72H107N13O21. The molecule has 34 nitrogen and oxygen atoms in total. The van der Waals surface area contributed by atoms with Gasteiger partial charge < -0.3 is 103 Å². The minimum atomic E-state index is -2.48. The van der Waals surface area contributed by atoms with Crippen molar-refractivity contribution in [1.82, 2.24) is 62.6 Å². The summed E-state index contributed by atoms with van der Waals surface area (Å²) < 4.78 is 11.3. The van der Waals surface area contributed by atoms with Crippen molar-refractivity contribution in [2.45, 2.75) is 223 Å². The quantitative estimate of drug-likeness (QED) is 0.0363. The van der Waals surface area contributed by atoms with Crippen LogP contribution < -0.4 is 58.3 Å². The number of methoxy groups -OCH3 is 1. The van der Waals surface area contributed by atoms with Crippen molar-refractivity contribution in [2.75, 3.05) is 47.0 Å². The molecule has 3 heterocycles. The Morgan fingerprint density at radius 2 is 1.23 bits per heavy atom. The third-order valence-electron chi connectivity index (χ3n) is 18.7. The molecule has 0 aliphatic carbocycles. The van der Waals surface area contributed by atoms with Crippen molar-refractivity contribution in [1.29, 1.82) is 0 Å². The molecule has 14 atom stereocenters. The van der Waals surface area contributed by atoms with E-state index in [9.17, 15) is 83.1 Å². The van der Waals surface area contributed by atoms with Gasteiger partial charge in [-0.05, 0) is 107 Å². The van der Waals surface area contributed by atoms with Gasteiger partial charge in [0.05, 0.1) is 45.1 Å². The van der Waals surface area contributed by atoms with Crippen LogP contribution in [0.2, 0.25) is 0 Å². The lowest BCUT2D eigenvalue weighted by Crippen LogP contribution is -2.61. The molecule has 34 heteroatoms. The number of primary amides is 1. The Labute approximate surface area is 616 Å². The molecule has 0 unspecified atom stereocenters. The normalized spacial score (nSPS) is 25.0. The van der Waals surface area contributed by atoms with E-state index in [0.717, 1.165) is 20.8 Å². The van der Waals surface area contributed by atoms with Crippen molar-refractivity contribution in [2.24, 2.45) is 17.6 Å². The molecule has 0 saturated carbocycles. The van der Waals surface area contributed by atoms with Gasteiger partial charge in [0.1, 0.15) is 71.9 Å². The van der Waals surface area contributed by atoms with Crippen LogP contribution in [-0.2, 0) is 84.7 Å². The minimum absolute atomic E-state index is 0.0206. The van der Waals surface area contributed by atoms with Gasteiger partial charge in [0.2, 0.25) is 65.0 Å². The summed E-state index contributed by atoms with van der Waals surface area (Å²) in [4.78, 5) is 202. The van der Waals surface area contributed by atoms with Gasteiger partial charge in [0.15, 0.2) is 6.10 Å². The first-order chi connectivity index (χ1) is 50.2. The van der Waals surface area contributed by atoms with E-state index in [4.69, 9.17) is 15.2 Å². The lowest BCUT2D eigenvalue weighted by molar-refractivity contribution is -0.161. The molecule has 0 spiro atoms. The first-order valence-electron chi connectivity index (χ1n) is 35.9. The fourth-order valence-corrected chi connectivity index (χ4v) is 12.5. The fourth-order valence-electron chi connectivity index (χ4n) is 12.5. The van der Waals surface area contributed by atoms with E-state index in [2.05, 4.69) is 47.9 Å². The van der Waals surface area contributed by atoms with Crippen LogP contribution in [0.3, 0.4) is 0 Å². The number of carbonyl (C=O) groups is 14. The maximum atomic E-state index is 15.2. The number of hydrogen-bond donors (Lipinski definition) is 15. The first-order valence-corrected chi connectivity index (χ1v) is 35.9. The smallest absolute Gasteiger partial charge is 0.328 e. The topological polar surface area (TPSA) is 503 Å². The summed E-state index contributed by atoms with van der Waals surface area (Å²) >= 11 is 0. The van der Waals surface area contributed by atoms with E-state index in [1.165, 1.54) is 28.0 Å². The fraction of sp³-hybridized carbons (Fsp3) is 0.611. The molecule has 5 rings (SSSR count). The molecule has 3 aliphatic rings. The number of aliphatic hydroxyl groups excluding tert-OH is 5. The highest BCUT2D eigenvalue weighted by Gasteiger charge is 2.44. The second kappa shape index (κ2) is 42.5.